The number of piperazine rings is 1. The van der Waals surface area contributed by atoms with Crippen molar-refractivity contribution in [1.29, 1.82) is 5.26 Å². The van der Waals surface area contributed by atoms with E-state index in [1.165, 1.54) is 0 Å². The molecule has 0 spiro atoms. The van der Waals surface area contributed by atoms with Gasteiger partial charge in [-0.2, -0.15) is 5.26 Å². The first-order valence-corrected chi connectivity index (χ1v) is 17.7. The van der Waals surface area contributed by atoms with Crippen LogP contribution >= 0.6 is 34.8 Å². The van der Waals surface area contributed by atoms with Crippen molar-refractivity contribution < 1.29 is 14.3 Å². The van der Waals surface area contributed by atoms with Crippen molar-refractivity contribution in [2.75, 3.05) is 44.2 Å². The molecule has 258 valence electrons. The Morgan fingerprint density at radius 1 is 0.854 bits per heavy atom. The fourth-order valence-electron chi connectivity index (χ4n) is 5.93. The molecule has 2 saturated heterocycles. The number of anilines is 1. The van der Waals surface area contributed by atoms with Crippen LogP contribution in [-0.2, 0) is 22.6 Å². The summed E-state index contributed by atoms with van der Waals surface area (Å²) in [5.41, 5.74) is 3.52. The minimum atomic E-state index is -1.74. The van der Waals surface area contributed by atoms with Crippen molar-refractivity contribution in [3.63, 3.8) is 0 Å². The molecule has 0 bridgehead atoms. The first-order valence-electron chi connectivity index (χ1n) is 16.6. The lowest BCUT2D eigenvalue weighted by molar-refractivity contribution is -0.136. The van der Waals surface area contributed by atoms with Gasteiger partial charge in [0.15, 0.2) is 0 Å². The lowest BCUT2D eigenvalue weighted by Crippen LogP contribution is -2.53. The van der Waals surface area contributed by atoms with Crippen LogP contribution in [0.1, 0.15) is 50.8 Å². The normalized spacial score (nSPS) is 17.6. The Labute approximate surface area is 300 Å². The predicted octanol–water partition coefficient (Wildman–Crippen LogP) is 7.91. The molecule has 11 heteroatoms. The number of hydrogen-bond acceptors (Lipinski definition) is 6. The molecule has 2 atom stereocenters. The number of nitrogens with zero attached hydrogens (tertiary/aromatic N) is 5. The van der Waals surface area contributed by atoms with E-state index in [4.69, 9.17) is 39.5 Å². The van der Waals surface area contributed by atoms with Crippen molar-refractivity contribution in [2.45, 2.75) is 63.1 Å². The lowest BCUT2D eigenvalue weighted by Gasteiger charge is -2.38. The standard InChI is InChI=1S/C33H34Cl3N5O3.2C2H6/c34-33(35,36)24-44-32(43)41(22-26-11-5-2-6-12-26)28-19-30(40(23-28)21-25-9-3-1-4-10-25)31(42)39-17-15-38(16-18-39)29-14-8-7-13-27(29)20-37;2*1-2/h1-14,28,30H,15-19,21-24H2;2*1-2H3/t28-,30-;;/m0../s1. The number of benzene rings is 3. The molecule has 2 fully saturated rings. The van der Waals surface area contributed by atoms with Gasteiger partial charge < -0.3 is 14.5 Å². The molecule has 3 aromatic rings. The van der Waals surface area contributed by atoms with Gasteiger partial charge >= 0.3 is 6.09 Å². The van der Waals surface area contributed by atoms with Gasteiger partial charge in [-0.15, -0.1) is 0 Å². The molecule has 0 saturated carbocycles. The van der Waals surface area contributed by atoms with Crippen LogP contribution in [0.3, 0.4) is 0 Å². The Morgan fingerprint density at radius 2 is 1.42 bits per heavy atom. The molecule has 2 heterocycles. The molecule has 2 amide bonds. The van der Waals surface area contributed by atoms with Crippen LogP contribution in [0.5, 0.6) is 0 Å². The highest BCUT2D eigenvalue weighted by Gasteiger charge is 2.43. The molecular formula is C37H46Cl3N5O3. The molecule has 0 aliphatic carbocycles. The quantitative estimate of drug-likeness (QED) is 0.221. The lowest BCUT2D eigenvalue weighted by atomic mass is 10.1. The summed E-state index contributed by atoms with van der Waals surface area (Å²) in [6.07, 6.45) is -0.151. The summed E-state index contributed by atoms with van der Waals surface area (Å²) in [6.45, 7) is 11.3. The number of hydrogen-bond donors (Lipinski definition) is 0. The third-order valence-electron chi connectivity index (χ3n) is 8.08. The number of amides is 2. The van der Waals surface area contributed by atoms with Crippen LogP contribution in [0.25, 0.3) is 0 Å². The van der Waals surface area contributed by atoms with Gasteiger partial charge in [0.1, 0.15) is 12.7 Å². The number of alkyl halides is 3. The molecular weight excluding hydrogens is 669 g/mol. The average molecular weight is 715 g/mol. The second kappa shape index (κ2) is 19.5. The van der Waals surface area contributed by atoms with Gasteiger partial charge in [0.2, 0.25) is 9.70 Å². The molecule has 3 aromatic carbocycles. The molecule has 2 aliphatic rings. The highest BCUT2D eigenvalue weighted by molar-refractivity contribution is 6.67. The van der Waals surface area contributed by atoms with Gasteiger partial charge in [-0.3, -0.25) is 14.6 Å². The van der Waals surface area contributed by atoms with Gasteiger partial charge in [-0.05, 0) is 29.7 Å². The van der Waals surface area contributed by atoms with Crippen LogP contribution < -0.4 is 4.90 Å². The zero-order valence-corrected chi connectivity index (χ0v) is 30.5. The molecule has 0 radical (unpaired) electrons. The zero-order chi connectivity index (χ0) is 35.1. The van der Waals surface area contributed by atoms with Crippen LogP contribution in [-0.4, -0.2) is 81.9 Å². The number of likely N-dealkylation sites (tertiary alicyclic amines) is 1. The third-order valence-corrected chi connectivity index (χ3v) is 8.41. The summed E-state index contributed by atoms with van der Waals surface area (Å²) < 4.78 is 3.70. The maximum Gasteiger partial charge on any atom is 0.410 e. The van der Waals surface area contributed by atoms with E-state index in [2.05, 4.69) is 15.9 Å². The Bertz CT molecular complexity index is 1460. The Hall–Kier alpha value is -3.48. The predicted molar refractivity (Wildman–Crippen MR) is 195 cm³/mol. The minimum Gasteiger partial charge on any atom is -0.445 e. The maximum atomic E-state index is 14.1. The molecule has 0 N–H and O–H groups in total. The second-order valence-electron chi connectivity index (χ2n) is 11.0. The number of carbonyl (C=O) groups is 2. The number of carbonyl (C=O) groups excluding carboxylic acids is 2. The molecule has 2 aliphatic heterocycles. The average Bonchev–Trinajstić information content (AvgIpc) is 3.54. The monoisotopic (exact) mass is 713 g/mol. The summed E-state index contributed by atoms with van der Waals surface area (Å²) in [5, 5.41) is 9.56. The van der Waals surface area contributed by atoms with E-state index in [1.54, 1.807) is 4.90 Å². The van der Waals surface area contributed by atoms with Gasteiger partial charge in [0.05, 0.1) is 23.3 Å². The van der Waals surface area contributed by atoms with Crippen molar-refractivity contribution >= 4 is 52.5 Å². The van der Waals surface area contributed by atoms with Crippen LogP contribution in [0.15, 0.2) is 84.9 Å². The Kier molecular flexibility index (Phi) is 15.8. The molecule has 48 heavy (non-hydrogen) atoms. The SMILES string of the molecule is CC.CC.N#Cc1ccccc1N1CCN(C(=O)[C@@H]2C[C@H](N(Cc3ccccc3)C(=O)OCC(Cl)(Cl)Cl)CN2Cc2ccccc2)CC1. The topological polar surface area (TPSA) is 80.1 Å². The zero-order valence-electron chi connectivity index (χ0n) is 28.2. The van der Waals surface area contributed by atoms with E-state index < -0.39 is 15.9 Å². The summed E-state index contributed by atoms with van der Waals surface area (Å²) in [6, 6.07) is 28.7. The summed E-state index contributed by atoms with van der Waals surface area (Å²) in [7, 11) is 0. The third kappa shape index (κ3) is 11.0. The molecule has 0 aromatic heterocycles. The largest absolute Gasteiger partial charge is 0.445 e. The van der Waals surface area contributed by atoms with Crippen molar-refractivity contribution in [2.24, 2.45) is 0 Å². The van der Waals surface area contributed by atoms with E-state index in [-0.39, 0.29) is 18.6 Å². The summed E-state index contributed by atoms with van der Waals surface area (Å²) in [5.74, 6) is 0.0333. The summed E-state index contributed by atoms with van der Waals surface area (Å²) in [4.78, 5) is 35.4. The van der Waals surface area contributed by atoms with Gasteiger partial charge in [0.25, 0.3) is 0 Å². The molecule has 8 nitrogen and oxygen atoms in total. The fourth-order valence-corrected chi connectivity index (χ4v) is 6.09. The number of nitriles is 1. The van der Waals surface area contributed by atoms with E-state index in [9.17, 15) is 14.9 Å². The highest BCUT2D eigenvalue weighted by Crippen LogP contribution is 2.30. The maximum absolute atomic E-state index is 14.1. The number of rotatable bonds is 8. The number of ether oxygens (including phenoxy) is 1. The van der Waals surface area contributed by atoms with Crippen molar-refractivity contribution in [3.05, 3.63) is 102 Å². The van der Waals surface area contributed by atoms with Crippen LogP contribution in [0, 0.1) is 11.3 Å². The first-order chi connectivity index (χ1) is 23.2. The van der Waals surface area contributed by atoms with E-state index in [0.29, 0.717) is 57.8 Å². The molecule has 5 rings (SSSR count). The smallest absolute Gasteiger partial charge is 0.410 e. The Balaban J connectivity index is 0.00000151. The highest BCUT2D eigenvalue weighted by atomic mass is 35.6. The van der Waals surface area contributed by atoms with Gasteiger partial charge in [-0.25, -0.2) is 4.79 Å². The number of para-hydroxylation sites is 1. The van der Waals surface area contributed by atoms with Crippen molar-refractivity contribution in [3.8, 4) is 6.07 Å². The number of halogens is 3. The van der Waals surface area contributed by atoms with E-state index >= 15 is 0 Å². The molecule has 0 unspecified atom stereocenters. The fraction of sp³-hybridized carbons (Fsp3) is 0.432. The van der Waals surface area contributed by atoms with Gasteiger partial charge in [-0.1, -0.05) is 135 Å². The summed E-state index contributed by atoms with van der Waals surface area (Å²) >= 11 is 17.7. The van der Waals surface area contributed by atoms with Gasteiger partial charge in [0, 0.05) is 45.8 Å². The van der Waals surface area contributed by atoms with E-state index in [1.807, 2.05) is 118 Å². The minimum absolute atomic E-state index is 0.0333. The van der Waals surface area contributed by atoms with Crippen LogP contribution in [0.4, 0.5) is 10.5 Å². The van der Waals surface area contributed by atoms with Crippen LogP contribution in [0.2, 0.25) is 0 Å². The second-order valence-corrected chi connectivity index (χ2v) is 13.6. The first kappa shape index (κ1) is 39.0. The Morgan fingerprint density at radius 3 is 2.00 bits per heavy atom. The van der Waals surface area contributed by atoms with E-state index in [0.717, 1.165) is 16.8 Å². The van der Waals surface area contributed by atoms with Crippen molar-refractivity contribution in [1.82, 2.24) is 14.7 Å².